The molecular formula is C13H17N3O. The average Bonchev–Trinajstić information content (AvgIpc) is 2.69. The second-order valence-electron chi connectivity index (χ2n) is 4.21. The predicted molar refractivity (Wildman–Crippen MR) is 65.5 cm³/mol. The van der Waals surface area contributed by atoms with Gasteiger partial charge in [0.25, 0.3) is 0 Å². The molecule has 0 aliphatic rings. The summed E-state index contributed by atoms with van der Waals surface area (Å²) in [6.07, 6.45) is 0. The molecule has 4 nitrogen and oxygen atoms in total. The van der Waals surface area contributed by atoms with Crippen molar-refractivity contribution in [1.82, 2.24) is 15.5 Å². The van der Waals surface area contributed by atoms with Gasteiger partial charge in [-0.05, 0) is 37.5 Å². The van der Waals surface area contributed by atoms with Gasteiger partial charge in [0.05, 0.1) is 6.54 Å². The molecule has 0 unspecified atom stereocenters. The first-order valence-corrected chi connectivity index (χ1v) is 5.72. The van der Waals surface area contributed by atoms with Crippen molar-refractivity contribution in [2.24, 2.45) is 0 Å². The van der Waals surface area contributed by atoms with Gasteiger partial charge >= 0.3 is 0 Å². The van der Waals surface area contributed by atoms with E-state index >= 15 is 0 Å². The fourth-order valence-corrected chi connectivity index (χ4v) is 1.83. The number of nitrogens with zero attached hydrogens (tertiary/aromatic N) is 2. The fourth-order valence-electron chi connectivity index (χ4n) is 1.83. The maximum atomic E-state index is 5.04. The molecule has 1 N–H and O–H groups in total. The molecule has 0 radical (unpaired) electrons. The number of hydrogen-bond acceptors (Lipinski definition) is 4. The first-order valence-electron chi connectivity index (χ1n) is 5.72. The fraction of sp³-hybridized carbons (Fsp3) is 0.385. The monoisotopic (exact) mass is 231 g/mol. The topological polar surface area (TPSA) is 51.0 Å². The Kier molecular flexibility index (Phi) is 3.54. The number of hydrogen-bond donors (Lipinski definition) is 1. The molecule has 90 valence electrons. The lowest BCUT2D eigenvalue weighted by Gasteiger charge is -2.09. The van der Waals surface area contributed by atoms with E-state index < -0.39 is 0 Å². The van der Waals surface area contributed by atoms with Crippen LogP contribution in [0.25, 0.3) is 0 Å². The van der Waals surface area contributed by atoms with E-state index in [0.29, 0.717) is 18.3 Å². The van der Waals surface area contributed by atoms with Gasteiger partial charge in [0.1, 0.15) is 0 Å². The molecule has 0 saturated heterocycles. The summed E-state index contributed by atoms with van der Waals surface area (Å²) >= 11 is 0. The molecule has 2 aromatic rings. The smallest absolute Gasteiger partial charge is 0.240 e. The summed E-state index contributed by atoms with van der Waals surface area (Å²) < 4.78 is 5.04. The number of benzene rings is 1. The second kappa shape index (κ2) is 5.10. The van der Waals surface area contributed by atoms with Crippen LogP contribution in [-0.2, 0) is 13.1 Å². The van der Waals surface area contributed by atoms with E-state index in [-0.39, 0.29) is 0 Å². The predicted octanol–water partition coefficient (Wildman–Crippen LogP) is 2.28. The Morgan fingerprint density at radius 1 is 1.12 bits per heavy atom. The lowest BCUT2D eigenvalue weighted by atomic mass is 10.0. The number of aromatic nitrogens is 2. The van der Waals surface area contributed by atoms with Crippen LogP contribution < -0.4 is 5.32 Å². The molecule has 0 bridgehead atoms. The van der Waals surface area contributed by atoms with Gasteiger partial charge in [0.2, 0.25) is 5.89 Å². The normalized spacial score (nSPS) is 10.8. The summed E-state index contributed by atoms with van der Waals surface area (Å²) in [4.78, 5) is 4.15. The highest BCUT2D eigenvalue weighted by Gasteiger charge is 2.04. The molecule has 0 aliphatic heterocycles. The highest BCUT2D eigenvalue weighted by atomic mass is 16.5. The molecule has 4 heteroatoms. The number of rotatable bonds is 4. The summed E-state index contributed by atoms with van der Waals surface area (Å²) in [5, 5.41) is 7.07. The Hall–Kier alpha value is -1.68. The third kappa shape index (κ3) is 2.91. The van der Waals surface area contributed by atoms with Gasteiger partial charge < -0.3 is 9.84 Å². The van der Waals surface area contributed by atoms with Crippen LogP contribution in [0.4, 0.5) is 0 Å². The maximum Gasteiger partial charge on any atom is 0.240 e. The van der Waals surface area contributed by atoms with Crippen molar-refractivity contribution < 1.29 is 4.52 Å². The zero-order chi connectivity index (χ0) is 12.3. The zero-order valence-corrected chi connectivity index (χ0v) is 10.4. The molecule has 1 aromatic carbocycles. The minimum absolute atomic E-state index is 0.606. The van der Waals surface area contributed by atoms with Crippen molar-refractivity contribution in [2.75, 3.05) is 0 Å². The van der Waals surface area contributed by atoms with Gasteiger partial charge in [-0.15, -0.1) is 0 Å². The van der Waals surface area contributed by atoms with Crippen LogP contribution in [-0.4, -0.2) is 10.1 Å². The summed E-state index contributed by atoms with van der Waals surface area (Å²) in [6.45, 7) is 7.49. The molecule has 0 spiro atoms. The Balaban J connectivity index is 1.94. The van der Waals surface area contributed by atoms with E-state index in [1.807, 2.05) is 6.92 Å². The summed E-state index contributed by atoms with van der Waals surface area (Å²) in [7, 11) is 0. The van der Waals surface area contributed by atoms with Crippen LogP contribution in [0, 0.1) is 20.8 Å². The third-order valence-corrected chi connectivity index (χ3v) is 2.79. The largest absolute Gasteiger partial charge is 0.338 e. The molecular weight excluding hydrogens is 214 g/mol. The van der Waals surface area contributed by atoms with Crippen LogP contribution in [0.3, 0.4) is 0 Å². The van der Waals surface area contributed by atoms with Gasteiger partial charge in [0.15, 0.2) is 5.82 Å². The zero-order valence-electron chi connectivity index (χ0n) is 10.4. The standard InChI is InChI=1S/C13H17N3O/c1-9-5-4-6-10(2)12(9)7-14-8-13-15-11(3)16-17-13/h4-6,14H,7-8H2,1-3H3. The molecule has 17 heavy (non-hydrogen) atoms. The molecule has 2 rings (SSSR count). The van der Waals surface area contributed by atoms with E-state index in [9.17, 15) is 0 Å². The Morgan fingerprint density at radius 2 is 1.82 bits per heavy atom. The third-order valence-electron chi connectivity index (χ3n) is 2.79. The highest BCUT2D eigenvalue weighted by molar-refractivity contribution is 5.33. The van der Waals surface area contributed by atoms with E-state index in [1.54, 1.807) is 0 Å². The first-order chi connectivity index (χ1) is 8.16. The van der Waals surface area contributed by atoms with Gasteiger partial charge in [0, 0.05) is 6.54 Å². The summed E-state index contributed by atoms with van der Waals surface area (Å²) in [6, 6.07) is 6.33. The van der Waals surface area contributed by atoms with Gasteiger partial charge in [-0.25, -0.2) is 0 Å². The average molecular weight is 231 g/mol. The van der Waals surface area contributed by atoms with E-state index in [4.69, 9.17) is 4.52 Å². The maximum absolute atomic E-state index is 5.04. The Bertz CT molecular complexity index is 485. The van der Waals surface area contributed by atoms with Crippen molar-refractivity contribution in [2.45, 2.75) is 33.9 Å². The molecule has 1 aromatic heterocycles. The molecule has 0 amide bonds. The highest BCUT2D eigenvalue weighted by Crippen LogP contribution is 2.12. The van der Waals surface area contributed by atoms with Crippen molar-refractivity contribution in [1.29, 1.82) is 0 Å². The summed E-state index contributed by atoms with van der Waals surface area (Å²) in [5.41, 5.74) is 3.95. The molecule has 0 aliphatic carbocycles. The lowest BCUT2D eigenvalue weighted by Crippen LogP contribution is -2.14. The van der Waals surface area contributed by atoms with Crippen molar-refractivity contribution >= 4 is 0 Å². The van der Waals surface area contributed by atoms with Gasteiger partial charge in [-0.1, -0.05) is 23.4 Å². The lowest BCUT2D eigenvalue weighted by molar-refractivity contribution is 0.364. The van der Waals surface area contributed by atoms with Gasteiger partial charge in [-0.3, -0.25) is 0 Å². The SMILES string of the molecule is Cc1noc(CNCc2c(C)cccc2C)n1. The van der Waals surface area contributed by atoms with Gasteiger partial charge in [-0.2, -0.15) is 4.98 Å². The minimum atomic E-state index is 0.606. The van der Waals surface area contributed by atoms with Crippen molar-refractivity contribution in [3.8, 4) is 0 Å². The second-order valence-corrected chi connectivity index (χ2v) is 4.21. The van der Waals surface area contributed by atoms with Crippen LogP contribution in [0.2, 0.25) is 0 Å². The number of aryl methyl sites for hydroxylation is 3. The van der Waals surface area contributed by atoms with Crippen molar-refractivity contribution in [3.63, 3.8) is 0 Å². The minimum Gasteiger partial charge on any atom is -0.338 e. The van der Waals surface area contributed by atoms with E-state index in [0.717, 1.165) is 6.54 Å². The molecule has 1 heterocycles. The van der Waals surface area contributed by atoms with Crippen LogP contribution >= 0.6 is 0 Å². The van der Waals surface area contributed by atoms with Crippen molar-refractivity contribution in [3.05, 3.63) is 46.6 Å². The van der Waals surface area contributed by atoms with Crippen LogP contribution in [0.15, 0.2) is 22.7 Å². The number of nitrogens with one attached hydrogen (secondary N) is 1. The molecule has 0 atom stereocenters. The quantitative estimate of drug-likeness (QED) is 0.877. The molecule has 0 fully saturated rings. The van der Waals surface area contributed by atoms with E-state index in [2.05, 4.69) is 47.5 Å². The van der Waals surface area contributed by atoms with Crippen LogP contribution in [0.1, 0.15) is 28.4 Å². The Labute approximate surface area is 101 Å². The van der Waals surface area contributed by atoms with E-state index in [1.165, 1.54) is 16.7 Å². The Morgan fingerprint density at radius 3 is 2.41 bits per heavy atom. The first kappa shape index (κ1) is 11.8. The summed E-state index contributed by atoms with van der Waals surface area (Å²) in [5.74, 6) is 1.31. The molecule has 0 saturated carbocycles. The van der Waals surface area contributed by atoms with Crippen LogP contribution in [0.5, 0.6) is 0 Å².